The molecule has 1 saturated carbocycles. The van der Waals surface area contributed by atoms with E-state index in [1.165, 1.54) is 0 Å². The lowest BCUT2D eigenvalue weighted by Crippen LogP contribution is -2.35. The van der Waals surface area contributed by atoms with Gasteiger partial charge in [-0.25, -0.2) is 0 Å². The van der Waals surface area contributed by atoms with Crippen LogP contribution in [-0.4, -0.2) is 21.8 Å². The third-order valence-electron chi connectivity index (χ3n) is 3.40. The lowest BCUT2D eigenvalue weighted by Gasteiger charge is -2.28. The molecule has 2 unspecified atom stereocenters. The van der Waals surface area contributed by atoms with E-state index in [1.54, 1.807) is 6.92 Å². The van der Waals surface area contributed by atoms with Crippen LogP contribution in [0.5, 0.6) is 0 Å². The van der Waals surface area contributed by atoms with Gasteiger partial charge < -0.3 is 10.2 Å². The summed E-state index contributed by atoms with van der Waals surface area (Å²) in [5.74, 6) is -0.655. The zero-order valence-electron chi connectivity index (χ0n) is 8.50. The predicted molar refractivity (Wildman–Crippen MR) is 49.4 cm³/mol. The highest BCUT2D eigenvalue weighted by molar-refractivity contribution is 5.74. The van der Waals surface area contributed by atoms with Crippen molar-refractivity contribution in [3.63, 3.8) is 0 Å². The van der Waals surface area contributed by atoms with E-state index in [2.05, 4.69) is 0 Å². The van der Waals surface area contributed by atoms with E-state index in [0.717, 1.165) is 0 Å². The molecule has 1 fully saturated rings. The number of hydrogen-bond donors (Lipinski definition) is 2. The summed E-state index contributed by atoms with van der Waals surface area (Å²) < 4.78 is 0. The van der Waals surface area contributed by atoms with Crippen LogP contribution in [0.25, 0.3) is 0 Å². The summed E-state index contributed by atoms with van der Waals surface area (Å²) in [5, 5.41) is 19.1. The van der Waals surface area contributed by atoms with E-state index in [0.29, 0.717) is 19.3 Å². The summed E-state index contributed by atoms with van der Waals surface area (Å²) in [6, 6.07) is 0. The van der Waals surface area contributed by atoms with E-state index in [9.17, 15) is 9.90 Å². The Labute approximate surface area is 78.8 Å². The maximum absolute atomic E-state index is 10.9. The van der Waals surface area contributed by atoms with Crippen molar-refractivity contribution >= 4 is 5.97 Å². The largest absolute Gasteiger partial charge is 0.481 e. The number of hydrogen-bond acceptors (Lipinski definition) is 2. The molecule has 0 aliphatic heterocycles. The Morgan fingerprint density at radius 2 is 1.92 bits per heavy atom. The molecular weight excluding hydrogens is 168 g/mol. The molecule has 0 aromatic heterocycles. The summed E-state index contributed by atoms with van der Waals surface area (Å²) >= 11 is 0. The molecule has 76 valence electrons. The Hall–Kier alpha value is -0.570. The van der Waals surface area contributed by atoms with Crippen LogP contribution in [0.3, 0.4) is 0 Å². The Kier molecular flexibility index (Phi) is 2.41. The highest BCUT2D eigenvalue weighted by Crippen LogP contribution is 2.47. The van der Waals surface area contributed by atoms with Crippen LogP contribution in [0.2, 0.25) is 0 Å². The standard InChI is InChI=1S/C10H18O3/c1-7(2)10(13)5-4-9(3,6-10)8(11)12/h7,13H,4-6H2,1-3H3,(H,11,12). The topological polar surface area (TPSA) is 57.5 Å². The molecule has 0 heterocycles. The first-order valence-electron chi connectivity index (χ1n) is 4.76. The lowest BCUT2D eigenvalue weighted by molar-refractivity contribution is -0.149. The highest BCUT2D eigenvalue weighted by Gasteiger charge is 2.50. The minimum Gasteiger partial charge on any atom is -0.481 e. The molecule has 0 saturated heterocycles. The molecule has 3 heteroatoms. The first-order valence-corrected chi connectivity index (χ1v) is 4.76. The summed E-state index contributed by atoms with van der Waals surface area (Å²) in [6.07, 6.45) is 1.57. The summed E-state index contributed by atoms with van der Waals surface area (Å²) in [7, 11) is 0. The molecule has 0 radical (unpaired) electrons. The molecule has 0 spiro atoms. The maximum atomic E-state index is 10.9. The van der Waals surface area contributed by atoms with Gasteiger partial charge in [-0.05, 0) is 32.1 Å². The van der Waals surface area contributed by atoms with Gasteiger partial charge in [-0.3, -0.25) is 4.79 Å². The Morgan fingerprint density at radius 3 is 2.15 bits per heavy atom. The molecule has 1 aliphatic rings. The number of aliphatic carboxylic acids is 1. The molecule has 2 N–H and O–H groups in total. The van der Waals surface area contributed by atoms with Gasteiger partial charge in [0.15, 0.2) is 0 Å². The number of carboxylic acid groups (broad SMARTS) is 1. The predicted octanol–water partition coefficient (Wildman–Crippen LogP) is 1.65. The van der Waals surface area contributed by atoms with Crippen molar-refractivity contribution in [2.24, 2.45) is 11.3 Å². The minimum atomic E-state index is -0.788. The van der Waals surface area contributed by atoms with Gasteiger partial charge >= 0.3 is 5.97 Å². The normalized spacial score (nSPS) is 39.8. The van der Waals surface area contributed by atoms with Crippen molar-refractivity contribution in [1.29, 1.82) is 0 Å². The van der Waals surface area contributed by atoms with Crippen LogP contribution in [0.15, 0.2) is 0 Å². The van der Waals surface area contributed by atoms with Crippen LogP contribution in [0.4, 0.5) is 0 Å². The molecule has 2 atom stereocenters. The fraction of sp³-hybridized carbons (Fsp3) is 0.900. The van der Waals surface area contributed by atoms with Gasteiger partial charge in [0.05, 0.1) is 11.0 Å². The van der Waals surface area contributed by atoms with Crippen molar-refractivity contribution in [3.8, 4) is 0 Å². The van der Waals surface area contributed by atoms with Gasteiger partial charge in [0.25, 0.3) is 0 Å². The molecule has 1 rings (SSSR count). The summed E-state index contributed by atoms with van der Waals surface area (Å²) in [6.45, 7) is 5.59. The van der Waals surface area contributed by atoms with Crippen LogP contribution in [0, 0.1) is 11.3 Å². The minimum absolute atomic E-state index is 0.133. The molecular formula is C10H18O3. The van der Waals surface area contributed by atoms with E-state index in [4.69, 9.17) is 5.11 Å². The number of carbonyl (C=O) groups is 1. The highest BCUT2D eigenvalue weighted by atomic mass is 16.4. The fourth-order valence-corrected chi connectivity index (χ4v) is 2.02. The number of aliphatic hydroxyl groups is 1. The third kappa shape index (κ3) is 1.70. The molecule has 0 bridgehead atoms. The Morgan fingerprint density at radius 1 is 1.38 bits per heavy atom. The second kappa shape index (κ2) is 2.98. The Bertz CT molecular complexity index is 224. The lowest BCUT2D eigenvalue weighted by atomic mass is 9.82. The fourth-order valence-electron chi connectivity index (χ4n) is 2.02. The average molecular weight is 186 g/mol. The van der Waals surface area contributed by atoms with Gasteiger partial charge in [0.2, 0.25) is 0 Å². The zero-order chi connectivity index (χ0) is 10.3. The second-order valence-electron chi connectivity index (χ2n) is 4.80. The van der Waals surface area contributed by atoms with Gasteiger partial charge in [0, 0.05) is 0 Å². The zero-order valence-corrected chi connectivity index (χ0v) is 8.50. The quantitative estimate of drug-likeness (QED) is 0.689. The van der Waals surface area contributed by atoms with Crippen molar-refractivity contribution in [2.75, 3.05) is 0 Å². The molecule has 13 heavy (non-hydrogen) atoms. The monoisotopic (exact) mass is 186 g/mol. The SMILES string of the molecule is CC(C)C1(O)CCC(C)(C(=O)O)C1. The average Bonchev–Trinajstić information content (AvgIpc) is 2.30. The Balaban J connectivity index is 2.79. The van der Waals surface area contributed by atoms with Crippen LogP contribution < -0.4 is 0 Å². The molecule has 0 aromatic rings. The van der Waals surface area contributed by atoms with Gasteiger partial charge in [-0.1, -0.05) is 13.8 Å². The van der Waals surface area contributed by atoms with Gasteiger partial charge in [0.1, 0.15) is 0 Å². The van der Waals surface area contributed by atoms with Crippen LogP contribution >= 0.6 is 0 Å². The number of rotatable bonds is 2. The summed E-state index contributed by atoms with van der Waals surface area (Å²) in [5.41, 5.74) is -1.49. The van der Waals surface area contributed by atoms with Gasteiger partial charge in [-0.2, -0.15) is 0 Å². The van der Waals surface area contributed by atoms with E-state index in [-0.39, 0.29) is 5.92 Å². The smallest absolute Gasteiger partial charge is 0.309 e. The summed E-state index contributed by atoms with van der Waals surface area (Å²) in [4.78, 5) is 10.9. The molecule has 3 nitrogen and oxygen atoms in total. The van der Waals surface area contributed by atoms with Gasteiger partial charge in [-0.15, -0.1) is 0 Å². The van der Waals surface area contributed by atoms with Crippen molar-refractivity contribution < 1.29 is 15.0 Å². The van der Waals surface area contributed by atoms with E-state index >= 15 is 0 Å². The molecule has 0 amide bonds. The molecule has 0 aromatic carbocycles. The van der Waals surface area contributed by atoms with E-state index in [1.807, 2.05) is 13.8 Å². The second-order valence-corrected chi connectivity index (χ2v) is 4.80. The first kappa shape index (κ1) is 10.5. The maximum Gasteiger partial charge on any atom is 0.309 e. The van der Waals surface area contributed by atoms with Crippen molar-refractivity contribution in [3.05, 3.63) is 0 Å². The van der Waals surface area contributed by atoms with Crippen LogP contribution in [0.1, 0.15) is 40.0 Å². The molecule has 1 aliphatic carbocycles. The first-order chi connectivity index (χ1) is 5.80. The third-order valence-corrected chi connectivity index (χ3v) is 3.40. The van der Waals surface area contributed by atoms with Crippen molar-refractivity contribution in [1.82, 2.24) is 0 Å². The van der Waals surface area contributed by atoms with Crippen molar-refractivity contribution in [2.45, 2.75) is 45.6 Å². The number of carboxylic acids is 1. The van der Waals surface area contributed by atoms with E-state index < -0.39 is 17.0 Å². The van der Waals surface area contributed by atoms with Crippen LogP contribution in [-0.2, 0) is 4.79 Å².